The summed E-state index contributed by atoms with van der Waals surface area (Å²) < 4.78 is 0. The topological polar surface area (TPSA) is 570 Å². The van der Waals surface area contributed by atoms with Gasteiger partial charge in [-0.2, -0.15) is 0 Å². The van der Waals surface area contributed by atoms with Crippen molar-refractivity contribution in [3.05, 3.63) is 35.9 Å². The second-order valence-electron chi connectivity index (χ2n) is 22.3. The molecule has 0 aliphatic carbocycles. The molecule has 2 fully saturated rings. The summed E-state index contributed by atoms with van der Waals surface area (Å²) in [6.07, 6.45) is -4.53. The molecule has 1 aromatic rings. The maximum Gasteiger partial charge on any atom is 0.326 e. The highest BCUT2D eigenvalue weighted by Gasteiger charge is 2.45. The molecule has 0 saturated carbocycles. The number of benzene rings is 1. The quantitative estimate of drug-likeness (QED) is 0.0297. The number of rotatable bonds is 36. The lowest BCUT2D eigenvalue weighted by atomic mass is 9.99. The number of nitrogens with one attached hydrogen (secondary N) is 9. The first kappa shape index (κ1) is 74.4. The zero-order valence-corrected chi connectivity index (χ0v) is 50.3. The number of nitrogens with two attached hydrogens (primary N) is 4. The number of carboxylic acid groups (broad SMARTS) is 3. The van der Waals surface area contributed by atoms with E-state index in [1.54, 1.807) is 44.2 Å². The van der Waals surface area contributed by atoms with Gasteiger partial charge in [-0.25, -0.2) is 4.79 Å². The summed E-state index contributed by atoms with van der Waals surface area (Å²) >= 11 is 0. The molecule has 3 rings (SSSR count). The number of amides is 14. The molecule has 0 bridgehead atoms. The SMILES string of the molecule is CC(C)C[C@H](NC(=O)[C@H](CCC(=O)O)NC(=O)[C@H](CC(N)=O)NC(=O)[C@H](C)NC(=O)[C@H](CC(N)=O)NC(=O)[C@H](CC(=O)O)NC(=O)[C@H](C)NC(=O)[C@H](C)N)C(=O)NC(Cc1ccccc1)C(=O)N1CCC[C@H]1C(=O)N1CCC[C@H]1C(=O)N[C@@H](CC(N)=O)C(=O)O. The van der Waals surface area contributed by atoms with E-state index in [1.165, 1.54) is 23.6 Å². The molecule has 12 atom stereocenters. The minimum atomic E-state index is -1.97. The van der Waals surface area contributed by atoms with Crippen LogP contribution in [0.1, 0.15) is 111 Å². The Labute approximate surface area is 515 Å². The lowest BCUT2D eigenvalue weighted by Crippen LogP contribution is -2.61. The summed E-state index contributed by atoms with van der Waals surface area (Å²) in [6, 6.07) is -10.3. The third kappa shape index (κ3) is 24.0. The van der Waals surface area contributed by atoms with Crippen LogP contribution in [0.4, 0.5) is 0 Å². The minimum Gasteiger partial charge on any atom is -0.481 e. The summed E-state index contributed by atoms with van der Waals surface area (Å²) in [6.45, 7) is 7.00. The van der Waals surface area contributed by atoms with Gasteiger partial charge in [0.25, 0.3) is 0 Å². The second-order valence-corrected chi connectivity index (χ2v) is 22.3. The summed E-state index contributed by atoms with van der Waals surface area (Å²) in [4.78, 5) is 224. The standard InChI is InChI=1S/C55H81N15O20/c1-25(2)19-31(49(83)67-35(20-29-11-7-6-8-12-29)53(87)70-18-10-14-38(70)54(88)69-17-9-13-37(69)52(86)68-36(55(89)90)23-41(59)73)65-47(81)30(15-16-42(74)75)62-50(84)33(22-40(58)72)63-46(80)28(5)61-48(82)32(21-39(57)71)66-51(85)34(24-43(76)77)64-45(79)27(4)60-44(78)26(3)56/h6-8,11-12,25-28,30-38H,9-10,13-24,56H2,1-5H3,(H2,57,71)(H2,58,72)(H2,59,73)(H,60,78)(H,61,82)(H,62,84)(H,63,80)(H,64,79)(H,65,81)(H,66,85)(H,67,83)(H,68,86)(H,74,75)(H,76,77)(H,89,90)/t26-,27-,28-,30-,31-,32-,33-,34-,35?,36-,37-,38-/m0/s1. The Morgan fingerprint density at radius 2 is 0.900 bits per heavy atom. The number of primary amides is 3. The summed E-state index contributed by atoms with van der Waals surface area (Å²) in [5.41, 5.74) is 21.9. The van der Waals surface area contributed by atoms with Crippen LogP contribution in [0.25, 0.3) is 0 Å². The van der Waals surface area contributed by atoms with E-state index in [4.69, 9.17) is 22.9 Å². The Balaban J connectivity index is 1.86. The molecule has 496 valence electrons. The van der Waals surface area contributed by atoms with Gasteiger partial charge in [0.15, 0.2) is 0 Å². The molecule has 35 heteroatoms. The number of nitrogens with zero attached hydrogens (tertiary/aromatic N) is 2. The van der Waals surface area contributed by atoms with Gasteiger partial charge in [-0.3, -0.25) is 76.7 Å². The molecule has 0 aromatic heterocycles. The van der Waals surface area contributed by atoms with Crippen LogP contribution >= 0.6 is 0 Å². The van der Waals surface area contributed by atoms with Crippen LogP contribution in [0.2, 0.25) is 0 Å². The highest BCUT2D eigenvalue weighted by molar-refractivity contribution is 6.01. The Hall–Kier alpha value is -9.83. The van der Waals surface area contributed by atoms with Crippen LogP contribution in [-0.2, 0) is 87.9 Å². The van der Waals surface area contributed by atoms with Crippen LogP contribution in [0.5, 0.6) is 0 Å². The Morgan fingerprint density at radius 1 is 0.478 bits per heavy atom. The van der Waals surface area contributed by atoms with Gasteiger partial charge >= 0.3 is 17.9 Å². The molecule has 1 unspecified atom stereocenters. The first-order valence-electron chi connectivity index (χ1n) is 28.7. The fourth-order valence-corrected chi connectivity index (χ4v) is 9.62. The third-order valence-electron chi connectivity index (χ3n) is 14.2. The maximum absolute atomic E-state index is 14.8. The zero-order chi connectivity index (χ0) is 67.9. The van der Waals surface area contributed by atoms with Crippen LogP contribution in [0, 0.1) is 5.92 Å². The predicted octanol–water partition coefficient (Wildman–Crippen LogP) is -6.94. The molecule has 1 aromatic carbocycles. The first-order valence-corrected chi connectivity index (χ1v) is 28.7. The number of hydrogen-bond acceptors (Lipinski definition) is 18. The Kier molecular flexibility index (Phi) is 29.1. The molecular formula is C55H81N15O20. The van der Waals surface area contributed by atoms with E-state index in [9.17, 15) is 96.8 Å². The first-order chi connectivity index (χ1) is 42.1. The van der Waals surface area contributed by atoms with Gasteiger partial charge in [-0.1, -0.05) is 44.2 Å². The molecule has 2 saturated heterocycles. The van der Waals surface area contributed by atoms with Crippen LogP contribution < -0.4 is 70.8 Å². The van der Waals surface area contributed by atoms with Gasteiger partial charge in [0.05, 0.1) is 31.7 Å². The molecule has 35 nitrogen and oxygen atoms in total. The Morgan fingerprint density at radius 3 is 1.39 bits per heavy atom. The maximum atomic E-state index is 14.8. The number of carbonyl (C=O) groups excluding carboxylic acids is 14. The molecule has 0 radical (unpaired) electrons. The van der Waals surface area contributed by atoms with Gasteiger partial charge in [0.1, 0.15) is 66.5 Å². The predicted molar refractivity (Wildman–Crippen MR) is 310 cm³/mol. The average Bonchev–Trinajstić information content (AvgIpc) is 1.84. The van der Waals surface area contributed by atoms with Crippen molar-refractivity contribution in [1.29, 1.82) is 0 Å². The van der Waals surface area contributed by atoms with Crippen molar-refractivity contribution >= 4 is 101 Å². The van der Waals surface area contributed by atoms with Crippen LogP contribution in [0.15, 0.2) is 30.3 Å². The monoisotopic (exact) mass is 1270 g/mol. The van der Waals surface area contributed by atoms with E-state index in [-0.39, 0.29) is 44.7 Å². The number of hydrogen-bond donors (Lipinski definition) is 16. The molecule has 2 heterocycles. The van der Waals surface area contributed by atoms with Crippen molar-refractivity contribution in [2.24, 2.45) is 28.9 Å². The van der Waals surface area contributed by atoms with Gasteiger partial charge in [-0.15, -0.1) is 0 Å². The molecule has 90 heavy (non-hydrogen) atoms. The molecule has 20 N–H and O–H groups in total. The van der Waals surface area contributed by atoms with Gasteiger partial charge in [-0.05, 0) is 70.8 Å². The highest BCUT2D eigenvalue weighted by Crippen LogP contribution is 2.27. The van der Waals surface area contributed by atoms with Crippen molar-refractivity contribution in [2.75, 3.05) is 13.1 Å². The average molecular weight is 1270 g/mol. The lowest BCUT2D eigenvalue weighted by Gasteiger charge is -2.33. The fraction of sp³-hybridized carbons (Fsp3) is 0.582. The molecular weight excluding hydrogens is 1190 g/mol. The van der Waals surface area contributed by atoms with E-state index in [0.29, 0.717) is 18.4 Å². The minimum absolute atomic E-state index is 0.0297. The molecule has 2 aliphatic heterocycles. The van der Waals surface area contributed by atoms with E-state index >= 15 is 0 Å². The largest absolute Gasteiger partial charge is 0.481 e. The second kappa shape index (κ2) is 35.2. The van der Waals surface area contributed by atoms with Crippen LogP contribution in [0.3, 0.4) is 0 Å². The van der Waals surface area contributed by atoms with E-state index in [2.05, 4.69) is 47.9 Å². The number of likely N-dealkylation sites (tertiary alicyclic amines) is 2. The van der Waals surface area contributed by atoms with Gasteiger partial charge in [0.2, 0.25) is 82.7 Å². The van der Waals surface area contributed by atoms with Crippen molar-refractivity contribution < 1.29 is 96.8 Å². The normalized spacial score (nSPS) is 17.7. The molecule has 0 spiro atoms. The van der Waals surface area contributed by atoms with Gasteiger partial charge < -0.3 is 95.9 Å². The van der Waals surface area contributed by atoms with Crippen molar-refractivity contribution in [2.45, 2.75) is 184 Å². The van der Waals surface area contributed by atoms with Crippen molar-refractivity contribution in [3.8, 4) is 0 Å². The van der Waals surface area contributed by atoms with E-state index < -0.39 is 212 Å². The number of aliphatic carboxylic acids is 3. The summed E-state index contributed by atoms with van der Waals surface area (Å²) in [5, 5.41) is 49.2. The van der Waals surface area contributed by atoms with Gasteiger partial charge in [0, 0.05) is 25.9 Å². The molecule has 14 amide bonds. The third-order valence-corrected chi connectivity index (χ3v) is 14.2. The summed E-state index contributed by atoms with van der Waals surface area (Å²) in [7, 11) is 0. The summed E-state index contributed by atoms with van der Waals surface area (Å²) in [5.74, 6) is -19.7. The smallest absolute Gasteiger partial charge is 0.326 e. The number of carboxylic acids is 3. The lowest BCUT2D eigenvalue weighted by molar-refractivity contribution is -0.149. The number of carbonyl (C=O) groups is 17. The molecule has 2 aliphatic rings. The van der Waals surface area contributed by atoms with Crippen molar-refractivity contribution in [1.82, 2.24) is 57.7 Å². The fourth-order valence-electron chi connectivity index (χ4n) is 9.62. The van der Waals surface area contributed by atoms with E-state index in [1.807, 2.05) is 0 Å². The van der Waals surface area contributed by atoms with Crippen LogP contribution in [-0.4, -0.2) is 211 Å². The van der Waals surface area contributed by atoms with E-state index in [0.717, 1.165) is 6.92 Å². The van der Waals surface area contributed by atoms with Crippen molar-refractivity contribution in [3.63, 3.8) is 0 Å². The zero-order valence-electron chi connectivity index (χ0n) is 50.3. The highest BCUT2D eigenvalue weighted by atomic mass is 16.4. The Bertz CT molecular complexity index is 2870.